The lowest BCUT2D eigenvalue weighted by Crippen LogP contribution is -2.47. The number of benzene rings is 2. The van der Waals surface area contributed by atoms with Gasteiger partial charge in [-0.25, -0.2) is 4.98 Å². The lowest BCUT2D eigenvalue weighted by atomic mass is 10.1. The Hall–Kier alpha value is -2.79. The van der Waals surface area contributed by atoms with Crippen molar-refractivity contribution in [2.45, 2.75) is 13.3 Å². The van der Waals surface area contributed by atoms with Crippen LogP contribution in [0.3, 0.4) is 0 Å². The SMILES string of the molecule is Cc1nc(N2CCN(c3ccccc3)CC2)[nH]c(=O)c1Cc1ccc(Cl)cc1. The molecule has 0 spiro atoms. The zero-order chi connectivity index (χ0) is 19.5. The van der Waals surface area contributed by atoms with Gasteiger partial charge in [0.1, 0.15) is 0 Å². The van der Waals surface area contributed by atoms with Gasteiger partial charge < -0.3 is 9.80 Å². The minimum atomic E-state index is -0.0667. The number of piperazine rings is 1. The van der Waals surface area contributed by atoms with Gasteiger partial charge in [-0.2, -0.15) is 0 Å². The Kier molecular flexibility index (Phi) is 5.35. The number of H-pyrrole nitrogens is 1. The fourth-order valence-corrected chi connectivity index (χ4v) is 3.70. The summed E-state index contributed by atoms with van der Waals surface area (Å²) in [6.45, 7) is 5.37. The zero-order valence-corrected chi connectivity index (χ0v) is 16.6. The Balaban J connectivity index is 1.48. The van der Waals surface area contributed by atoms with E-state index in [0.29, 0.717) is 23.0 Å². The fourth-order valence-electron chi connectivity index (χ4n) is 3.58. The molecule has 0 bridgehead atoms. The van der Waals surface area contributed by atoms with Gasteiger partial charge in [-0.15, -0.1) is 0 Å². The number of hydrogen-bond donors (Lipinski definition) is 1. The first-order chi connectivity index (χ1) is 13.6. The topological polar surface area (TPSA) is 52.2 Å². The lowest BCUT2D eigenvalue weighted by molar-refractivity contribution is 0.637. The van der Waals surface area contributed by atoms with E-state index >= 15 is 0 Å². The van der Waals surface area contributed by atoms with Gasteiger partial charge in [0.15, 0.2) is 0 Å². The van der Waals surface area contributed by atoms with Crippen LogP contribution >= 0.6 is 11.6 Å². The molecule has 1 aromatic heterocycles. The van der Waals surface area contributed by atoms with E-state index in [0.717, 1.165) is 37.4 Å². The average molecular weight is 395 g/mol. The molecule has 0 radical (unpaired) electrons. The van der Waals surface area contributed by atoms with Crippen LogP contribution in [-0.2, 0) is 6.42 Å². The number of halogens is 1. The van der Waals surface area contributed by atoms with Crippen LogP contribution in [0, 0.1) is 6.92 Å². The number of rotatable bonds is 4. The Morgan fingerprint density at radius 3 is 2.25 bits per heavy atom. The van der Waals surface area contributed by atoms with Crippen LogP contribution in [-0.4, -0.2) is 36.1 Å². The maximum absolute atomic E-state index is 12.7. The van der Waals surface area contributed by atoms with Crippen molar-refractivity contribution in [3.63, 3.8) is 0 Å². The number of aryl methyl sites for hydroxylation is 1. The summed E-state index contributed by atoms with van der Waals surface area (Å²) in [6, 6.07) is 18.0. The van der Waals surface area contributed by atoms with Crippen LogP contribution in [0.25, 0.3) is 0 Å². The molecule has 28 heavy (non-hydrogen) atoms. The van der Waals surface area contributed by atoms with Gasteiger partial charge >= 0.3 is 0 Å². The first kappa shape index (κ1) is 18.6. The summed E-state index contributed by atoms with van der Waals surface area (Å²) in [5.74, 6) is 0.662. The zero-order valence-electron chi connectivity index (χ0n) is 15.9. The molecule has 1 aliphatic heterocycles. The predicted octanol–water partition coefficient (Wildman–Crippen LogP) is 3.65. The molecular formula is C22H23ClN4O. The summed E-state index contributed by atoms with van der Waals surface area (Å²) in [7, 11) is 0. The smallest absolute Gasteiger partial charge is 0.256 e. The van der Waals surface area contributed by atoms with Gasteiger partial charge in [0.2, 0.25) is 5.95 Å². The van der Waals surface area contributed by atoms with Crippen molar-refractivity contribution in [2.24, 2.45) is 0 Å². The molecule has 1 N–H and O–H groups in total. The third-order valence-electron chi connectivity index (χ3n) is 5.20. The molecule has 2 aromatic carbocycles. The minimum absolute atomic E-state index is 0.0667. The van der Waals surface area contributed by atoms with E-state index in [1.807, 2.05) is 37.3 Å². The maximum Gasteiger partial charge on any atom is 0.256 e. The highest BCUT2D eigenvalue weighted by Crippen LogP contribution is 2.19. The van der Waals surface area contributed by atoms with E-state index in [9.17, 15) is 4.79 Å². The van der Waals surface area contributed by atoms with Crippen molar-refractivity contribution in [1.29, 1.82) is 0 Å². The minimum Gasteiger partial charge on any atom is -0.368 e. The Morgan fingerprint density at radius 1 is 0.964 bits per heavy atom. The molecule has 6 heteroatoms. The summed E-state index contributed by atoms with van der Waals surface area (Å²) < 4.78 is 0. The Labute approximate surface area is 169 Å². The van der Waals surface area contributed by atoms with Crippen molar-refractivity contribution < 1.29 is 0 Å². The number of para-hydroxylation sites is 1. The molecule has 5 nitrogen and oxygen atoms in total. The predicted molar refractivity (Wildman–Crippen MR) is 115 cm³/mol. The van der Waals surface area contributed by atoms with Gasteiger partial charge in [0.05, 0.1) is 5.69 Å². The largest absolute Gasteiger partial charge is 0.368 e. The Bertz CT molecular complexity index is 993. The van der Waals surface area contributed by atoms with Gasteiger partial charge in [0, 0.05) is 48.9 Å². The van der Waals surface area contributed by atoms with Gasteiger partial charge in [-0.1, -0.05) is 41.9 Å². The highest BCUT2D eigenvalue weighted by Gasteiger charge is 2.20. The summed E-state index contributed by atoms with van der Waals surface area (Å²) in [5.41, 5.74) is 3.69. The molecule has 0 saturated carbocycles. The van der Waals surface area contributed by atoms with Crippen LogP contribution in [0.1, 0.15) is 16.8 Å². The van der Waals surface area contributed by atoms with Crippen LogP contribution in [0.15, 0.2) is 59.4 Å². The van der Waals surface area contributed by atoms with Crippen LogP contribution in [0.2, 0.25) is 5.02 Å². The normalized spacial score (nSPS) is 14.4. The van der Waals surface area contributed by atoms with Crippen molar-refractivity contribution in [3.8, 4) is 0 Å². The summed E-state index contributed by atoms with van der Waals surface area (Å²) in [5, 5.41) is 0.692. The maximum atomic E-state index is 12.7. The first-order valence-electron chi connectivity index (χ1n) is 9.49. The van der Waals surface area contributed by atoms with E-state index in [-0.39, 0.29) is 5.56 Å². The molecular weight excluding hydrogens is 372 g/mol. The molecule has 2 heterocycles. The molecule has 1 saturated heterocycles. The molecule has 0 atom stereocenters. The van der Waals surface area contributed by atoms with Crippen LogP contribution in [0.4, 0.5) is 11.6 Å². The standard InChI is InChI=1S/C22H23ClN4O/c1-16-20(15-17-7-9-18(23)10-8-17)21(28)25-22(24-16)27-13-11-26(12-14-27)19-5-3-2-4-6-19/h2-10H,11-15H2,1H3,(H,24,25,28). The molecule has 0 aliphatic carbocycles. The summed E-state index contributed by atoms with van der Waals surface area (Å²) in [6.07, 6.45) is 0.549. The summed E-state index contributed by atoms with van der Waals surface area (Å²) >= 11 is 5.94. The Morgan fingerprint density at radius 2 is 1.61 bits per heavy atom. The van der Waals surface area contributed by atoms with Crippen molar-refractivity contribution in [3.05, 3.63) is 86.8 Å². The molecule has 3 aromatic rings. The molecule has 0 unspecified atom stereocenters. The highest BCUT2D eigenvalue weighted by molar-refractivity contribution is 6.30. The number of aromatic amines is 1. The highest BCUT2D eigenvalue weighted by atomic mass is 35.5. The molecule has 1 aliphatic rings. The van der Waals surface area contributed by atoms with E-state index < -0.39 is 0 Å². The van der Waals surface area contributed by atoms with E-state index in [1.54, 1.807) is 0 Å². The van der Waals surface area contributed by atoms with Crippen molar-refractivity contribution in [1.82, 2.24) is 9.97 Å². The summed E-state index contributed by atoms with van der Waals surface area (Å²) in [4.78, 5) is 24.9. The number of aromatic nitrogens is 2. The van der Waals surface area contributed by atoms with Gasteiger partial charge in [-0.05, 0) is 36.8 Å². The third-order valence-corrected chi connectivity index (χ3v) is 5.46. The second kappa shape index (κ2) is 8.07. The second-order valence-corrected chi connectivity index (χ2v) is 7.50. The van der Waals surface area contributed by atoms with Gasteiger partial charge in [0.25, 0.3) is 5.56 Å². The van der Waals surface area contributed by atoms with Crippen LogP contribution < -0.4 is 15.4 Å². The van der Waals surface area contributed by atoms with Gasteiger partial charge in [-0.3, -0.25) is 9.78 Å². The first-order valence-corrected chi connectivity index (χ1v) is 9.87. The monoisotopic (exact) mass is 394 g/mol. The quantitative estimate of drug-likeness (QED) is 0.733. The molecule has 144 valence electrons. The molecule has 0 amide bonds. The number of nitrogens with zero attached hydrogens (tertiary/aromatic N) is 3. The van der Waals surface area contributed by atoms with E-state index in [2.05, 4.69) is 39.0 Å². The van der Waals surface area contributed by atoms with Crippen LogP contribution in [0.5, 0.6) is 0 Å². The number of anilines is 2. The van der Waals surface area contributed by atoms with Crippen molar-refractivity contribution >= 4 is 23.2 Å². The number of nitrogens with one attached hydrogen (secondary N) is 1. The fraction of sp³-hybridized carbons (Fsp3) is 0.273. The molecule has 4 rings (SSSR count). The van der Waals surface area contributed by atoms with E-state index in [4.69, 9.17) is 16.6 Å². The number of hydrogen-bond acceptors (Lipinski definition) is 4. The van der Waals surface area contributed by atoms with E-state index in [1.165, 1.54) is 5.69 Å². The third kappa shape index (κ3) is 4.04. The lowest BCUT2D eigenvalue weighted by Gasteiger charge is -2.36. The average Bonchev–Trinajstić information content (AvgIpc) is 2.73. The second-order valence-electron chi connectivity index (χ2n) is 7.07. The van der Waals surface area contributed by atoms with Crippen molar-refractivity contribution in [2.75, 3.05) is 36.0 Å². The molecule has 1 fully saturated rings.